The highest BCUT2D eigenvalue weighted by atomic mass is 14.2. The molecule has 0 rings (SSSR count). The molecule has 0 heterocycles. The summed E-state index contributed by atoms with van der Waals surface area (Å²) in [7, 11) is 0. The van der Waals surface area contributed by atoms with Gasteiger partial charge in [-0.05, 0) is 60.2 Å². The summed E-state index contributed by atoms with van der Waals surface area (Å²) in [6, 6.07) is 0. The molecule has 38 heavy (non-hydrogen) atoms. The van der Waals surface area contributed by atoms with Crippen LogP contribution < -0.4 is 0 Å². The van der Waals surface area contributed by atoms with E-state index in [-0.39, 0.29) is 0 Å². The van der Waals surface area contributed by atoms with Crippen molar-refractivity contribution in [1.82, 2.24) is 0 Å². The van der Waals surface area contributed by atoms with Crippen molar-refractivity contribution in [2.24, 2.45) is 47.3 Å². The number of hydrogen-bond donors (Lipinski definition) is 0. The van der Waals surface area contributed by atoms with Crippen LogP contribution in [0.1, 0.15) is 185 Å². The topological polar surface area (TPSA) is 0 Å². The Bertz CT molecular complexity index is 468. The van der Waals surface area contributed by atoms with Crippen LogP contribution in [0.25, 0.3) is 0 Å². The van der Waals surface area contributed by atoms with Crippen LogP contribution in [0.5, 0.6) is 0 Å². The lowest BCUT2D eigenvalue weighted by molar-refractivity contribution is 0.382. The van der Waals surface area contributed by atoms with Crippen LogP contribution in [0.15, 0.2) is 12.2 Å². The average Bonchev–Trinajstić information content (AvgIpc) is 2.82. The molecule has 6 unspecified atom stereocenters. The van der Waals surface area contributed by atoms with E-state index in [1.807, 2.05) is 0 Å². The number of rotatable bonds is 26. The summed E-state index contributed by atoms with van der Waals surface area (Å²) < 4.78 is 0. The Morgan fingerprint density at radius 1 is 0.289 bits per heavy atom. The molecule has 0 aliphatic rings. The Balaban J connectivity index is 3.78. The summed E-state index contributed by atoms with van der Waals surface area (Å²) in [5, 5.41) is 0. The summed E-state index contributed by atoms with van der Waals surface area (Å²) in [5.74, 6) is 6.89. The fourth-order valence-electron chi connectivity index (χ4n) is 6.10. The van der Waals surface area contributed by atoms with Crippen LogP contribution in [0.4, 0.5) is 0 Å². The minimum Gasteiger partial charge on any atom is -0.0854 e. The van der Waals surface area contributed by atoms with Gasteiger partial charge in [-0.2, -0.15) is 0 Å². The van der Waals surface area contributed by atoms with E-state index in [4.69, 9.17) is 0 Å². The second-order valence-corrected chi connectivity index (χ2v) is 15.1. The lowest BCUT2D eigenvalue weighted by atomic mass is 9.90. The molecule has 0 aliphatic carbocycles. The van der Waals surface area contributed by atoms with Crippen LogP contribution in [-0.2, 0) is 0 Å². The maximum absolute atomic E-state index is 2.53. The van der Waals surface area contributed by atoms with E-state index in [2.05, 4.69) is 81.4 Å². The zero-order valence-corrected chi connectivity index (χ0v) is 28.5. The van der Waals surface area contributed by atoms with E-state index in [0.29, 0.717) is 0 Å². The van der Waals surface area contributed by atoms with E-state index in [1.54, 1.807) is 0 Å². The van der Waals surface area contributed by atoms with Gasteiger partial charge in [-0.3, -0.25) is 0 Å². The molecular weight excluding hydrogens is 456 g/mol. The monoisotopic (exact) mass is 533 g/mol. The van der Waals surface area contributed by atoms with Gasteiger partial charge in [0.1, 0.15) is 0 Å². The second kappa shape index (κ2) is 24.5. The van der Waals surface area contributed by atoms with Crippen molar-refractivity contribution in [3.05, 3.63) is 12.2 Å². The van der Waals surface area contributed by atoms with Crippen LogP contribution in [-0.4, -0.2) is 0 Å². The first-order valence-corrected chi connectivity index (χ1v) is 17.7. The third-order valence-corrected chi connectivity index (χ3v) is 9.23. The predicted molar refractivity (Wildman–Crippen MR) is 177 cm³/mol. The quantitative estimate of drug-likeness (QED) is 0.0971. The van der Waals surface area contributed by atoms with E-state index >= 15 is 0 Å². The Morgan fingerprint density at radius 3 is 0.737 bits per heavy atom. The smallest absolute Gasteiger partial charge is 0.0262 e. The highest BCUT2D eigenvalue weighted by molar-refractivity contribution is 4.90. The van der Waals surface area contributed by atoms with Crippen molar-refractivity contribution in [3.8, 4) is 0 Å². The van der Waals surface area contributed by atoms with Gasteiger partial charge >= 0.3 is 0 Å². The van der Waals surface area contributed by atoms with Gasteiger partial charge in [0.25, 0.3) is 0 Å². The Kier molecular flexibility index (Phi) is 24.4. The Hall–Kier alpha value is -0.260. The van der Waals surface area contributed by atoms with Gasteiger partial charge in [0, 0.05) is 0 Å². The molecule has 0 N–H and O–H groups in total. The molecule has 228 valence electrons. The summed E-state index contributed by atoms with van der Waals surface area (Å²) in [6.45, 7) is 24.2. The fourth-order valence-corrected chi connectivity index (χ4v) is 6.10. The minimum absolute atomic E-state index is 0.743. The first-order chi connectivity index (χ1) is 18.0. The molecule has 0 heteroatoms. The maximum atomic E-state index is 2.53. The molecule has 0 aromatic heterocycles. The average molecular weight is 533 g/mol. The highest BCUT2D eigenvalue weighted by Crippen LogP contribution is 2.24. The van der Waals surface area contributed by atoms with Crippen molar-refractivity contribution >= 4 is 0 Å². The lowest BCUT2D eigenvalue weighted by Gasteiger charge is -2.16. The first kappa shape index (κ1) is 37.7. The van der Waals surface area contributed by atoms with Gasteiger partial charge in [-0.1, -0.05) is 184 Å². The molecule has 0 bridgehead atoms. The summed E-state index contributed by atoms with van der Waals surface area (Å²) in [5.41, 5.74) is 0. The van der Waals surface area contributed by atoms with Crippen molar-refractivity contribution < 1.29 is 0 Å². The summed E-state index contributed by atoms with van der Waals surface area (Å²) in [4.78, 5) is 0. The fraction of sp³-hybridized carbons (Fsp3) is 0.947. The molecule has 0 saturated heterocycles. The summed E-state index contributed by atoms with van der Waals surface area (Å²) in [6.07, 6.45) is 30.6. The molecule has 0 spiro atoms. The molecule has 0 nitrogen and oxygen atoms in total. The number of allylic oxidation sites excluding steroid dienone is 2. The normalized spacial score (nSPS) is 17.3. The number of hydrogen-bond acceptors (Lipinski definition) is 0. The minimum atomic E-state index is 0.743. The first-order valence-electron chi connectivity index (χ1n) is 17.7. The van der Waals surface area contributed by atoms with Gasteiger partial charge in [0.2, 0.25) is 0 Å². The van der Waals surface area contributed by atoms with Gasteiger partial charge in [-0.25, -0.2) is 0 Å². The molecular formula is C38H76. The van der Waals surface area contributed by atoms with Gasteiger partial charge in [-0.15, -0.1) is 0 Å². The van der Waals surface area contributed by atoms with E-state index in [9.17, 15) is 0 Å². The van der Waals surface area contributed by atoms with Crippen molar-refractivity contribution in [1.29, 1.82) is 0 Å². The van der Waals surface area contributed by atoms with Crippen molar-refractivity contribution in [3.63, 3.8) is 0 Å². The zero-order valence-electron chi connectivity index (χ0n) is 28.5. The second-order valence-electron chi connectivity index (χ2n) is 15.1. The predicted octanol–water partition coefficient (Wildman–Crippen LogP) is 13.7. The Morgan fingerprint density at radius 2 is 0.500 bits per heavy atom. The third kappa shape index (κ3) is 26.0. The molecule has 0 fully saturated rings. The largest absolute Gasteiger partial charge is 0.0854 e. The van der Waals surface area contributed by atoms with Crippen LogP contribution >= 0.6 is 0 Å². The zero-order chi connectivity index (χ0) is 28.8. The van der Waals surface area contributed by atoms with Gasteiger partial charge in [0.05, 0.1) is 0 Å². The molecule has 0 amide bonds. The van der Waals surface area contributed by atoms with Crippen LogP contribution in [0.3, 0.4) is 0 Å². The molecule has 0 aromatic carbocycles. The van der Waals surface area contributed by atoms with Crippen LogP contribution in [0.2, 0.25) is 0 Å². The SMILES string of the molecule is CC(C)CCCC(C)CCCC(C)CCCC(C)C=CC(C)CCCC(C)CCCC(C)CCCC(C)C. The molecule has 0 aromatic rings. The molecule has 0 radical (unpaired) electrons. The van der Waals surface area contributed by atoms with Gasteiger partial charge < -0.3 is 0 Å². The third-order valence-electron chi connectivity index (χ3n) is 9.23. The summed E-state index contributed by atoms with van der Waals surface area (Å²) >= 11 is 0. The van der Waals surface area contributed by atoms with Crippen molar-refractivity contribution in [2.75, 3.05) is 0 Å². The van der Waals surface area contributed by atoms with Crippen LogP contribution in [0, 0.1) is 47.3 Å². The van der Waals surface area contributed by atoms with E-state index in [1.165, 1.54) is 116 Å². The molecule has 0 aliphatic heterocycles. The van der Waals surface area contributed by atoms with E-state index in [0.717, 1.165) is 47.3 Å². The molecule has 6 atom stereocenters. The van der Waals surface area contributed by atoms with Gasteiger partial charge in [0.15, 0.2) is 0 Å². The highest BCUT2D eigenvalue weighted by Gasteiger charge is 2.09. The molecule has 0 saturated carbocycles. The van der Waals surface area contributed by atoms with E-state index < -0.39 is 0 Å². The standard InChI is InChI=1S/C38H76/c1-31(2)17-11-19-33(5)21-13-23-35(7)25-15-27-37(9)29-30-38(10)28-16-26-36(8)24-14-22-34(6)20-12-18-32(3)4/h29-38H,11-28H2,1-10H3. The van der Waals surface area contributed by atoms with Crippen molar-refractivity contribution in [2.45, 2.75) is 185 Å². The lowest BCUT2D eigenvalue weighted by Crippen LogP contribution is -2.01. The maximum Gasteiger partial charge on any atom is -0.0262 e. The Labute approximate surface area is 244 Å².